The molecule has 5 heteroatoms. The Morgan fingerprint density at radius 2 is 1.70 bits per heavy atom. The van der Waals surface area contributed by atoms with Crippen molar-refractivity contribution in [2.45, 2.75) is 33.2 Å². The molecule has 0 radical (unpaired) electrons. The molecule has 0 saturated carbocycles. The summed E-state index contributed by atoms with van der Waals surface area (Å²) in [6.07, 6.45) is 1.60. The minimum Gasteiger partial charge on any atom is -0.460 e. The Bertz CT molecular complexity index is 1120. The zero-order valence-corrected chi connectivity index (χ0v) is 17.1. The smallest absolute Gasteiger partial charge is 0.381 e. The van der Waals surface area contributed by atoms with Gasteiger partial charge in [-0.05, 0) is 32.3 Å². The van der Waals surface area contributed by atoms with Gasteiger partial charge in [-0.3, -0.25) is 9.59 Å². The summed E-state index contributed by atoms with van der Waals surface area (Å²) < 4.78 is 6.81. The van der Waals surface area contributed by atoms with Crippen LogP contribution in [-0.2, 0) is 22.5 Å². The molecule has 0 N–H and O–H groups in total. The predicted octanol–water partition coefficient (Wildman–Crippen LogP) is 4.39. The number of rotatable bonds is 6. The molecule has 0 fully saturated rings. The zero-order valence-electron chi connectivity index (χ0n) is 17.1. The molecule has 0 aliphatic carbocycles. The summed E-state index contributed by atoms with van der Waals surface area (Å²) in [5.41, 5.74) is 4.48. The predicted molar refractivity (Wildman–Crippen MR) is 114 cm³/mol. The molecular weight excluding hydrogens is 378 g/mol. The monoisotopic (exact) mass is 401 g/mol. The lowest BCUT2D eigenvalue weighted by Crippen LogP contribution is -2.23. The molecule has 2 heterocycles. The summed E-state index contributed by atoms with van der Waals surface area (Å²) >= 11 is 0. The number of carbonyl (C=O) groups excluding carboxylic acids is 3. The Hall–Kier alpha value is -3.47. The van der Waals surface area contributed by atoms with Crippen LogP contribution < -0.4 is 0 Å². The van der Waals surface area contributed by atoms with E-state index in [1.54, 1.807) is 19.1 Å². The number of aryl methyl sites for hydroxylation is 1. The highest BCUT2D eigenvalue weighted by molar-refractivity contribution is 6.42. The third kappa shape index (κ3) is 3.36. The molecule has 3 aromatic rings. The molecule has 4 rings (SSSR count). The van der Waals surface area contributed by atoms with E-state index in [4.69, 9.17) is 4.74 Å². The molecule has 0 unspecified atom stereocenters. The van der Waals surface area contributed by atoms with E-state index < -0.39 is 11.8 Å². The van der Waals surface area contributed by atoms with Gasteiger partial charge >= 0.3 is 5.97 Å². The third-order valence-electron chi connectivity index (χ3n) is 5.45. The molecule has 1 aliphatic rings. The highest BCUT2D eigenvalue weighted by Gasteiger charge is 2.36. The molecule has 0 amide bonds. The quantitative estimate of drug-likeness (QED) is 0.349. The summed E-state index contributed by atoms with van der Waals surface area (Å²) in [6, 6.07) is 16.8. The summed E-state index contributed by atoms with van der Waals surface area (Å²) in [4.78, 5) is 39.1. The Morgan fingerprint density at radius 3 is 2.37 bits per heavy atom. The van der Waals surface area contributed by atoms with Crippen molar-refractivity contribution in [1.29, 1.82) is 0 Å². The van der Waals surface area contributed by atoms with Crippen LogP contribution in [0.3, 0.4) is 0 Å². The van der Waals surface area contributed by atoms with Gasteiger partial charge in [0.2, 0.25) is 0 Å². The number of carbonyl (C=O) groups is 3. The zero-order chi connectivity index (χ0) is 21.3. The Labute approximate surface area is 175 Å². The average molecular weight is 401 g/mol. The lowest BCUT2D eigenvalue weighted by molar-refractivity contribution is -0.137. The van der Waals surface area contributed by atoms with Crippen LogP contribution in [0.1, 0.15) is 51.0 Å². The standard InChI is InChI=1S/C25H23NO4/c1-3-30-25(29)24(28)22-21(23(27)18-13-11-16(2)12-14-18)20(17-8-5-4-6-9-17)19-10-7-15-26(19)22/h4-6,8-9,11-14H,3,7,10,15H2,1-2H3. The second-order valence-electron chi connectivity index (χ2n) is 7.41. The van der Waals surface area contributed by atoms with E-state index in [0.29, 0.717) is 12.1 Å². The summed E-state index contributed by atoms with van der Waals surface area (Å²) in [7, 11) is 0. The van der Waals surface area contributed by atoms with Gasteiger partial charge in [-0.1, -0.05) is 60.2 Å². The van der Waals surface area contributed by atoms with Crippen molar-refractivity contribution >= 4 is 17.5 Å². The van der Waals surface area contributed by atoms with Crippen molar-refractivity contribution in [3.05, 3.63) is 82.7 Å². The molecule has 0 spiro atoms. The molecular formula is C25H23NO4. The number of aromatic nitrogens is 1. The van der Waals surface area contributed by atoms with Gasteiger partial charge < -0.3 is 9.30 Å². The maximum absolute atomic E-state index is 13.6. The minimum atomic E-state index is -0.928. The third-order valence-corrected chi connectivity index (χ3v) is 5.45. The van der Waals surface area contributed by atoms with Gasteiger partial charge in [0.1, 0.15) is 5.69 Å². The highest BCUT2D eigenvalue weighted by Crippen LogP contribution is 2.38. The molecule has 1 aliphatic heterocycles. The molecule has 2 aromatic carbocycles. The van der Waals surface area contributed by atoms with Gasteiger partial charge in [-0.25, -0.2) is 4.79 Å². The van der Waals surface area contributed by atoms with E-state index in [1.807, 2.05) is 54.0 Å². The van der Waals surface area contributed by atoms with Crippen molar-refractivity contribution < 1.29 is 19.1 Å². The number of ether oxygens (including phenoxy) is 1. The number of fused-ring (bicyclic) bond motifs is 1. The second kappa shape index (κ2) is 8.11. The van der Waals surface area contributed by atoms with Crippen molar-refractivity contribution in [2.24, 2.45) is 0 Å². The summed E-state index contributed by atoms with van der Waals surface area (Å²) in [6.45, 7) is 4.30. The first kappa shape index (κ1) is 19.8. The number of Topliss-reactive ketones (excluding diaryl/α,β-unsaturated/α-hetero) is 1. The fourth-order valence-corrected chi connectivity index (χ4v) is 4.09. The molecule has 0 bridgehead atoms. The number of hydrogen-bond donors (Lipinski definition) is 0. The van der Waals surface area contributed by atoms with Gasteiger partial charge in [0.05, 0.1) is 12.2 Å². The van der Waals surface area contributed by atoms with Crippen molar-refractivity contribution in [2.75, 3.05) is 6.61 Å². The molecule has 1 aromatic heterocycles. The first-order chi connectivity index (χ1) is 14.5. The number of esters is 1. The van der Waals surface area contributed by atoms with Crippen molar-refractivity contribution in [3.63, 3.8) is 0 Å². The molecule has 0 saturated heterocycles. The van der Waals surface area contributed by atoms with Crippen LogP contribution in [0.5, 0.6) is 0 Å². The topological polar surface area (TPSA) is 65.4 Å². The van der Waals surface area contributed by atoms with Crippen LogP contribution in [-0.4, -0.2) is 28.7 Å². The Balaban J connectivity index is 1.98. The van der Waals surface area contributed by atoms with E-state index in [1.165, 1.54) is 0 Å². The highest BCUT2D eigenvalue weighted by atomic mass is 16.5. The van der Waals surface area contributed by atoms with Gasteiger partial charge in [0.15, 0.2) is 5.78 Å². The first-order valence-corrected chi connectivity index (χ1v) is 10.2. The summed E-state index contributed by atoms with van der Waals surface area (Å²) in [5.74, 6) is -1.96. The average Bonchev–Trinajstić information content (AvgIpc) is 3.34. The van der Waals surface area contributed by atoms with E-state index in [-0.39, 0.29) is 23.6 Å². The van der Waals surface area contributed by atoms with Gasteiger partial charge in [0, 0.05) is 23.4 Å². The van der Waals surface area contributed by atoms with Gasteiger partial charge in [0.25, 0.3) is 5.78 Å². The fourth-order valence-electron chi connectivity index (χ4n) is 4.09. The van der Waals surface area contributed by atoms with E-state index in [2.05, 4.69) is 0 Å². The SMILES string of the molecule is CCOC(=O)C(=O)c1c(C(=O)c2ccc(C)cc2)c(-c2ccccc2)c2n1CCC2. The van der Waals surface area contributed by atoms with E-state index in [9.17, 15) is 14.4 Å². The maximum Gasteiger partial charge on any atom is 0.381 e. The molecule has 30 heavy (non-hydrogen) atoms. The van der Waals surface area contributed by atoms with Crippen molar-refractivity contribution in [1.82, 2.24) is 4.57 Å². The lowest BCUT2D eigenvalue weighted by atomic mass is 9.92. The summed E-state index contributed by atoms with van der Waals surface area (Å²) in [5, 5.41) is 0. The van der Waals surface area contributed by atoms with E-state index in [0.717, 1.165) is 35.2 Å². The number of nitrogens with zero attached hydrogens (tertiary/aromatic N) is 1. The van der Waals surface area contributed by atoms with Crippen LogP contribution in [0.4, 0.5) is 0 Å². The maximum atomic E-state index is 13.6. The molecule has 5 nitrogen and oxygen atoms in total. The van der Waals surface area contributed by atoms with Gasteiger partial charge in [-0.2, -0.15) is 0 Å². The Morgan fingerprint density at radius 1 is 1.00 bits per heavy atom. The van der Waals surface area contributed by atoms with Crippen LogP contribution in [0, 0.1) is 6.92 Å². The largest absolute Gasteiger partial charge is 0.460 e. The normalized spacial score (nSPS) is 12.5. The number of hydrogen-bond acceptors (Lipinski definition) is 4. The van der Waals surface area contributed by atoms with E-state index >= 15 is 0 Å². The lowest BCUT2D eigenvalue weighted by Gasteiger charge is -2.10. The van der Waals surface area contributed by atoms with Crippen LogP contribution in [0.2, 0.25) is 0 Å². The number of benzene rings is 2. The Kier molecular flexibility index (Phi) is 5.36. The fraction of sp³-hybridized carbons (Fsp3) is 0.240. The second-order valence-corrected chi connectivity index (χ2v) is 7.41. The first-order valence-electron chi connectivity index (χ1n) is 10.2. The van der Waals surface area contributed by atoms with Crippen molar-refractivity contribution in [3.8, 4) is 11.1 Å². The minimum absolute atomic E-state index is 0.102. The molecule has 0 atom stereocenters. The van der Waals surface area contributed by atoms with Crippen LogP contribution in [0.15, 0.2) is 54.6 Å². The molecule has 152 valence electrons. The van der Waals surface area contributed by atoms with Gasteiger partial charge in [-0.15, -0.1) is 0 Å². The van der Waals surface area contributed by atoms with Crippen LogP contribution in [0.25, 0.3) is 11.1 Å². The van der Waals surface area contributed by atoms with Crippen LogP contribution >= 0.6 is 0 Å². The number of ketones is 2.